The maximum absolute atomic E-state index is 13.1. The summed E-state index contributed by atoms with van der Waals surface area (Å²) < 4.78 is 0. The second-order valence-corrected chi connectivity index (χ2v) is 8.05. The van der Waals surface area contributed by atoms with Crippen LogP contribution in [0.1, 0.15) is 42.0 Å². The van der Waals surface area contributed by atoms with Gasteiger partial charge in [0.1, 0.15) is 0 Å². The van der Waals surface area contributed by atoms with Gasteiger partial charge in [0.05, 0.1) is 6.04 Å². The molecule has 29 heavy (non-hydrogen) atoms. The highest BCUT2D eigenvalue weighted by atomic mass is 16.2. The molecule has 0 saturated carbocycles. The molecule has 2 aromatic rings. The minimum Gasteiger partial charge on any atom is -0.339 e. The zero-order valence-corrected chi connectivity index (χ0v) is 17.0. The fraction of sp³-hybridized carbons (Fsp3) is 0.360. The van der Waals surface area contributed by atoms with E-state index < -0.39 is 0 Å². The Bertz CT molecular complexity index is 898. The molecular weight excluding hydrogens is 360 g/mol. The number of hydrogen-bond donors (Lipinski definition) is 0. The highest BCUT2D eigenvalue weighted by Gasteiger charge is 2.33. The summed E-state index contributed by atoms with van der Waals surface area (Å²) in [4.78, 5) is 29.4. The summed E-state index contributed by atoms with van der Waals surface area (Å²) in [6.07, 6.45) is 7.01. The predicted octanol–water partition coefficient (Wildman–Crippen LogP) is 4.08. The molecule has 4 heteroatoms. The minimum atomic E-state index is 0.00918. The summed E-state index contributed by atoms with van der Waals surface area (Å²) in [6, 6.07) is 18.5. The molecule has 0 radical (unpaired) electrons. The minimum absolute atomic E-state index is 0.00918. The van der Waals surface area contributed by atoms with E-state index in [1.54, 1.807) is 6.08 Å². The zero-order chi connectivity index (χ0) is 20.2. The molecule has 1 atom stereocenters. The molecule has 0 spiro atoms. The molecule has 150 valence electrons. The quantitative estimate of drug-likeness (QED) is 0.741. The first-order chi connectivity index (χ1) is 14.1. The molecule has 0 aromatic heterocycles. The number of fused-ring (bicyclic) bond motifs is 1. The number of aryl methyl sites for hydroxylation is 1. The van der Waals surface area contributed by atoms with Crippen molar-refractivity contribution in [2.45, 2.75) is 31.7 Å². The first-order valence-electron chi connectivity index (χ1n) is 10.5. The Morgan fingerprint density at radius 3 is 2.41 bits per heavy atom. The fourth-order valence-corrected chi connectivity index (χ4v) is 4.56. The van der Waals surface area contributed by atoms with Gasteiger partial charge in [-0.2, -0.15) is 0 Å². The lowest BCUT2D eigenvalue weighted by atomic mass is 9.94. The molecule has 2 aromatic carbocycles. The summed E-state index contributed by atoms with van der Waals surface area (Å²) in [7, 11) is 1.94. The van der Waals surface area contributed by atoms with Gasteiger partial charge in [-0.05, 0) is 48.4 Å². The van der Waals surface area contributed by atoms with Crippen molar-refractivity contribution < 1.29 is 9.59 Å². The van der Waals surface area contributed by atoms with Crippen LogP contribution in [0.5, 0.6) is 0 Å². The Kier molecular flexibility index (Phi) is 5.79. The second kappa shape index (κ2) is 8.64. The molecule has 2 amide bonds. The maximum Gasteiger partial charge on any atom is 0.246 e. The Morgan fingerprint density at radius 1 is 0.966 bits per heavy atom. The van der Waals surface area contributed by atoms with E-state index >= 15 is 0 Å². The zero-order valence-electron chi connectivity index (χ0n) is 17.0. The molecule has 2 aliphatic rings. The van der Waals surface area contributed by atoms with Crippen molar-refractivity contribution in [1.29, 1.82) is 0 Å². The van der Waals surface area contributed by atoms with E-state index in [-0.39, 0.29) is 23.8 Å². The van der Waals surface area contributed by atoms with Gasteiger partial charge >= 0.3 is 0 Å². The third-order valence-electron chi connectivity index (χ3n) is 6.29. The molecule has 1 aliphatic carbocycles. The highest BCUT2D eigenvalue weighted by Crippen LogP contribution is 2.36. The third kappa shape index (κ3) is 4.26. The van der Waals surface area contributed by atoms with Crippen molar-refractivity contribution in [2.24, 2.45) is 5.92 Å². The van der Waals surface area contributed by atoms with E-state index in [1.165, 1.54) is 11.1 Å². The molecular formula is C25H28N2O2. The summed E-state index contributed by atoms with van der Waals surface area (Å²) >= 11 is 0. The third-order valence-corrected chi connectivity index (χ3v) is 6.29. The number of rotatable bonds is 4. The summed E-state index contributed by atoms with van der Waals surface area (Å²) in [5.74, 6) is 0.256. The topological polar surface area (TPSA) is 40.6 Å². The standard InChI is InChI=1S/C25H28N2O2/c1-26(23-13-12-20-9-5-6-10-22(20)23)25(29)21-15-17-27(18-16-21)24(28)14-11-19-7-3-2-4-8-19/h2-11,14,21,23H,12-13,15-18H2,1H3/b14-11+. The number of likely N-dealkylation sites (tertiary alicyclic amines) is 1. The van der Waals surface area contributed by atoms with E-state index in [4.69, 9.17) is 0 Å². The second-order valence-electron chi connectivity index (χ2n) is 8.05. The number of amides is 2. The molecule has 4 nitrogen and oxygen atoms in total. The van der Waals surface area contributed by atoms with Gasteiger partial charge in [-0.15, -0.1) is 0 Å². The van der Waals surface area contributed by atoms with Gasteiger partial charge in [-0.3, -0.25) is 9.59 Å². The van der Waals surface area contributed by atoms with Crippen molar-refractivity contribution in [1.82, 2.24) is 9.80 Å². The lowest BCUT2D eigenvalue weighted by molar-refractivity contribution is -0.140. The molecule has 1 heterocycles. The van der Waals surface area contributed by atoms with Crippen LogP contribution in [0.15, 0.2) is 60.7 Å². The molecule has 0 N–H and O–H groups in total. The van der Waals surface area contributed by atoms with E-state index in [2.05, 4.69) is 24.3 Å². The Hall–Kier alpha value is -2.88. The Balaban J connectivity index is 1.32. The Morgan fingerprint density at radius 2 is 1.66 bits per heavy atom. The number of carbonyl (C=O) groups is 2. The van der Waals surface area contributed by atoms with Crippen LogP contribution in [0, 0.1) is 5.92 Å². The summed E-state index contributed by atoms with van der Waals surface area (Å²) in [5.41, 5.74) is 3.68. The average molecular weight is 389 g/mol. The van der Waals surface area contributed by atoms with Crippen LogP contribution in [0.3, 0.4) is 0 Å². The van der Waals surface area contributed by atoms with Crippen molar-refractivity contribution in [3.05, 3.63) is 77.4 Å². The molecule has 1 aliphatic heterocycles. The van der Waals surface area contributed by atoms with Crippen molar-refractivity contribution >= 4 is 17.9 Å². The van der Waals surface area contributed by atoms with Gasteiger partial charge in [0.2, 0.25) is 11.8 Å². The molecule has 1 saturated heterocycles. The first kappa shape index (κ1) is 19.4. The smallest absolute Gasteiger partial charge is 0.246 e. The number of hydrogen-bond acceptors (Lipinski definition) is 2. The highest BCUT2D eigenvalue weighted by molar-refractivity contribution is 5.92. The van der Waals surface area contributed by atoms with E-state index in [0.29, 0.717) is 13.1 Å². The van der Waals surface area contributed by atoms with Crippen molar-refractivity contribution in [3.63, 3.8) is 0 Å². The van der Waals surface area contributed by atoms with Crippen LogP contribution in [0.4, 0.5) is 0 Å². The summed E-state index contributed by atoms with van der Waals surface area (Å²) in [6.45, 7) is 1.28. The average Bonchev–Trinajstić information content (AvgIpc) is 3.21. The fourth-order valence-electron chi connectivity index (χ4n) is 4.56. The largest absolute Gasteiger partial charge is 0.339 e. The van der Waals surface area contributed by atoms with Gasteiger partial charge in [0.25, 0.3) is 0 Å². The number of carbonyl (C=O) groups excluding carboxylic acids is 2. The van der Waals surface area contributed by atoms with Crippen LogP contribution in [-0.4, -0.2) is 41.8 Å². The first-order valence-corrected chi connectivity index (χ1v) is 10.5. The molecule has 4 rings (SSSR count). The molecule has 0 bridgehead atoms. The van der Waals surface area contributed by atoms with E-state index in [1.807, 2.05) is 53.3 Å². The van der Waals surface area contributed by atoms with E-state index in [9.17, 15) is 9.59 Å². The van der Waals surface area contributed by atoms with Gasteiger partial charge in [-0.25, -0.2) is 0 Å². The van der Waals surface area contributed by atoms with Gasteiger partial charge in [0.15, 0.2) is 0 Å². The van der Waals surface area contributed by atoms with Crippen LogP contribution in [-0.2, 0) is 16.0 Å². The van der Waals surface area contributed by atoms with Gasteiger partial charge in [-0.1, -0.05) is 54.6 Å². The lowest BCUT2D eigenvalue weighted by Crippen LogP contribution is -2.43. The van der Waals surface area contributed by atoms with Crippen molar-refractivity contribution in [3.8, 4) is 0 Å². The Labute approximate surface area is 172 Å². The van der Waals surface area contributed by atoms with Gasteiger partial charge in [0, 0.05) is 32.1 Å². The maximum atomic E-state index is 13.1. The van der Waals surface area contributed by atoms with Crippen LogP contribution in [0.25, 0.3) is 6.08 Å². The van der Waals surface area contributed by atoms with Gasteiger partial charge < -0.3 is 9.80 Å². The van der Waals surface area contributed by atoms with Crippen LogP contribution >= 0.6 is 0 Å². The van der Waals surface area contributed by atoms with Crippen LogP contribution in [0.2, 0.25) is 0 Å². The van der Waals surface area contributed by atoms with Crippen molar-refractivity contribution in [2.75, 3.05) is 20.1 Å². The van der Waals surface area contributed by atoms with E-state index in [0.717, 1.165) is 31.2 Å². The lowest BCUT2D eigenvalue weighted by Gasteiger charge is -2.34. The normalized spacial score (nSPS) is 19.3. The number of nitrogens with zero attached hydrogens (tertiary/aromatic N) is 2. The molecule has 1 fully saturated rings. The SMILES string of the molecule is CN(C(=O)C1CCN(C(=O)/C=C/c2ccccc2)CC1)C1CCc2ccccc21. The monoisotopic (exact) mass is 388 g/mol. The van der Waals surface area contributed by atoms with Crippen LogP contribution < -0.4 is 0 Å². The predicted molar refractivity (Wildman–Crippen MR) is 115 cm³/mol. The number of piperidine rings is 1. The number of benzene rings is 2. The summed E-state index contributed by atoms with van der Waals surface area (Å²) in [5, 5.41) is 0. The molecule has 1 unspecified atom stereocenters.